The fraction of sp³-hybridized carbons (Fsp3) is 0.923. The molecule has 1 N–H and O–H groups in total. The van der Waals surface area contributed by atoms with E-state index in [0.717, 1.165) is 38.8 Å². The van der Waals surface area contributed by atoms with E-state index >= 15 is 0 Å². The Balaban J connectivity index is 1.85. The number of hydrogen-bond donors (Lipinski definition) is 1. The maximum Gasteiger partial charge on any atom is 0.236 e. The molecule has 0 saturated carbocycles. The van der Waals surface area contributed by atoms with E-state index in [1.165, 1.54) is 6.42 Å². The van der Waals surface area contributed by atoms with E-state index in [0.29, 0.717) is 19.1 Å². The molecule has 2 fully saturated rings. The first kappa shape index (κ1) is 12.8. The molecule has 4 heteroatoms. The van der Waals surface area contributed by atoms with Crippen LogP contribution in [0.2, 0.25) is 0 Å². The quantitative estimate of drug-likeness (QED) is 0.795. The molecule has 4 nitrogen and oxygen atoms in total. The van der Waals surface area contributed by atoms with Gasteiger partial charge in [-0.05, 0) is 32.1 Å². The van der Waals surface area contributed by atoms with E-state index in [9.17, 15) is 9.90 Å². The summed E-state index contributed by atoms with van der Waals surface area (Å²) in [4.78, 5) is 16.4. The third kappa shape index (κ3) is 3.19. The third-order valence-electron chi connectivity index (χ3n) is 4.03. The number of piperidine rings is 1. The molecule has 2 aliphatic rings. The van der Waals surface area contributed by atoms with Crippen LogP contribution in [0.1, 0.15) is 39.0 Å². The van der Waals surface area contributed by atoms with Crippen molar-refractivity contribution in [2.24, 2.45) is 0 Å². The molecule has 98 valence electrons. The largest absolute Gasteiger partial charge is 0.392 e. The molecule has 17 heavy (non-hydrogen) atoms. The molecule has 0 aromatic rings. The first-order valence-electron chi connectivity index (χ1n) is 6.90. The van der Waals surface area contributed by atoms with Crippen LogP contribution in [0.15, 0.2) is 0 Å². The van der Waals surface area contributed by atoms with Crippen molar-refractivity contribution in [1.29, 1.82) is 0 Å². The SMILES string of the molecule is CCC1CCCCN1C(=O)CN1CC[C@@H](O)C1. The van der Waals surface area contributed by atoms with Crippen molar-refractivity contribution in [3.05, 3.63) is 0 Å². The number of hydrogen-bond acceptors (Lipinski definition) is 3. The van der Waals surface area contributed by atoms with Crippen LogP contribution in [0.5, 0.6) is 0 Å². The van der Waals surface area contributed by atoms with Gasteiger partial charge in [0.2, 0.25) is 5.91 Å². The first-order valence-corrected chi connectivity index (χ1v) is 6.90. The number of aliphatic hydroxyl groups excluding tert-OH is 1. The Kier molecular flexibility index (Phi) is 4.40. The van der Waals surface area contributed by atoms with Gasteiger partial charge in [0, 0.05) is 25.7 Å². The van der Waals surface area contributed by atoms with Crippen molar-refractivity contribution >= 4 is 5.91 Å². The number of carbonyl (C=O) groups excluding carboxylic acids is 1. The molecular formula is C13H24N2O2. The summed E-state index contributed by atoms with van der Waals surface area (Å²) in [7, 11) is 0. The summed E-state index contributed by atoms with van der Waals surface area (Å²) in [5.41, 5.74) is 0. The van der Waals surface area contributed by atoms with Gasteiger partial charge in [-0.2, -0.15) is 0 Å². The summed E-state index contributed by atoms with van der Waals surface area (Å²) >= 11 is 0. The Hall–Kier alpha value is -0.610. The molecular weight excluding hydrogens is 216 g/mol. The van der Waals surface area contributed by atoms with Crippen LogP contribution >= 0.6 is 0 Å². The summed E-state index contributed by atoms with van der Waals surface area (Å²) in [6.07, 6.45) is 5.20. The van der Waals surface area contributed by atoms with E-state index in [1.54, 1.807) is 0 Å². The number of amides is 1. The second kappa shape index (κ2) is 5.83. The van der Waals surface area contributed by atoms with Crippen LogP contribution in [0.25, 0.3) is 0 Å². The average molecular weight is 240 g/mol. The van der Waals surface area contributed by atoms with Gasteiger partial charge in [0.1, 0.15) is 0 Å². The molecule has 0 spiro atoms. The van der Waals surface area contributed by atoms with Crippen LogP contribution in [0.3, 0.4) is 0 Å². The van der Waals surface area contributed by atoms with Gasteiger partial charge < -0.3 is 10.0 Å². The predicted molar refractivity (Wildman–Crippen MR) is 66.7 cm³/mol. The van der Waals surface area contributed by atoms with Gasteiger partial charge in [0.05, 0.1) is 12.6 Å². The monoisotopic (exact) mass is 240 g/mol. The van der Waals surface area contributed by atoms with Crippen LogP contribution in [-0.2, 0) is 4.79 Å². The molecule has 2 atom stereocenters. The highest BCUT2D eigenvalue weighted by molar-refractivity contribution is 5.78. The zero-order chi connectivity index (χ0) is 12.3. The van der Waals surface area contributed by atoms with Gasteiger partial charge in [-0.25, -0.2) is 0 Å². The van der Waals surface area contributed by atoms with Gasteiger partial charge in [-0.15, -0.1) is 0 Å². The molecule has 0 aromatic heterocycles. The van der Waals surface area contributed by atoms with Gasteiger partial charge in [-0.1, -0.05) is 6.92 Å². The highest BCUT2D eigenvalue weighted by atomic mass is 16.3. The molecule has 2 aliphatic heterocycles. The number of nitrogens with zero attached hydrogens (tertiary/aromatic N) is 2. The molecule has 1 amide bonds. The lowest BCUT2D eigenvalue weighted by Gasteiger charge is -2.36. The lowest BCUT2D eigenvalue weighted by atomic mass is 10.00. The second-order valence-electron chi connectivity index (χ2n) is 5.32. The molecule has 2 rings (SSSR count). The van der Waals surface area contributed by atoms with Gasteiger partial charge in [0.25, 0.3) is 0 Å². The van der Waals surface area contributed by atoms with Crippen molar-refractivity contribution in [3.63, 3.8) is 0 Å². The van der Waals surface area contributed by atoms with Crippen LogP contribution in [-0.4, -0.2) is 59.1 Å². The number of likely N-dealkylation sites (tertiary alicyclic amines) is 2. The minimum absolute atomic E-state index is 0.230. The molecule has 0 radical (unpaired) electrons. The van der Waals surface area contributed by atoms with E-state index in [2.05, 4.69) is 16.7 Å². The maximum absolute atomic E-state index is 12.2. The van der Waals surface area contributed by atoms with Crippen LogP contribution in [0, 0.1) is 0 Å². The molecule has 2 saturated heterocycles. The molecule has 0 bridgehead atoms. The van der Waals surface area contributed by atoms with Gasteiger partial charge in [0.15, 0.2) is 0 Å². The summed E-state index contributed by atoms with van der Waals surface area (Å²) < 4.78 is 0. The molecule has 0 aliphatic carbocycles. The second-order valence-corrected chi connectivity index (χ2v) is 5.32. The minimum Gasteiger partial charge on any atom is -0.392 e. The zero-order valence-electron chi connectivity index (χ0n) is 10.8. The Labute approximate surface area is 104 Å². The fourth-order valence-corrected chi connectivity index (χ4v) is 2.99. The minimum atomic E-state index is -0.230. The Morgan fingerprint density at radius 2 is 2.12 bits per heavy atom. The average Bonchev–Trinajstić information content (AvgIpc) is 2.74. The summed E-state index contributed by atoms with van der Waals surface area (Å²) in [5, 5.41) is 9.45. The van der Waals surface area contributed by atoms with E-state index in [4.69, 9.17) is 0 Å². The zero-order valence-corrected chi connectivity index (χ0v) is 10.8. The van der Waals surface area contributed by atoms with Crippen molar-refractivity contribution in [2.45, 2.75) is 51.2 Å². The highest BCUT2D eigenvalue weighted by Crippen LogP contribution is 2.20. The van der Waals surface area contributed by atoms with Crippen molar-refractivity contribution in [1.82, 2.24) is 9.80 Å². The van der Waals surface area contributed by atoms with E-state index in [1.807, 2.05) is 0 Å². The van der Waals surface area contributed by atoms with Crippen molar-refractivity contribution in [2.75, 3.05) is 26.2 Å². The molecule has 0 aromatic carbocycles. The standard InChI is InChI=1S/C13H24N2O2/c1-2-11-5-3-4-7-15(11)13(17)10-14-8-6-12(16)9-14/h11-12,16H,2-10H2,1H3/t11?,12-/m1/s1. The van der Waals surface area contributed by atoms with E-state index < -0.39 is 0 Å². The Bertz CT molecular complexity index is 270. The number of carbonyl (C=O) groups is 1. The highest BCUT2D eigenvalue weighted by Gasteiger charge is 2.28. The van der Waals surface area contributed by atoms with Gasteiger partial charge >= 0.3 is 0 Å². The summed E-state index contributed by atoms with van der Waals surface area (Å²) in [6, 6.07) is 0.448. The lowest BCUT2D eigenvalue weighted by molar-refractivity contribution is -0.136. The summed E-state index contributed by atoms with van der Waals surface area (Å²) in [6.45, 7) is 5.10. The van der Waals surface area contributed by atoms with Crippen molar-refractivity contribution in [3.8, 4) is 0 Å². The topological polar surface area (TPSA) is 43.8 Å². The fourth-order valence-electron chi connectivity index (χ4n) is 2.99. The number of aliphatic hydroxyl groups is 1. The van der Waals surface area contributed by atoms with Gasteiger partial charge in [-0.3, -0.25) is 9.69 Å². The van der Waals surface area contributed by atoms with Crippen LogP contribution < -0.4 is 0 Å². The number of β-amino-alcohol motifs (C(OH)–C–C–N with tert-alkyl or cyclic N) is 1. The lowest BCUT2D eigenvalue weighted by Crippen LogP contribution is -2.47. The molecule has 1 unspecified atom stereocenters. The predicted octanol–water partition coefficient (Wildman–Crippen LogP) is 0.844. The van der Waals surface area contributed by atoms with Crippen LogP contribution in [0.4, 0.5) is 0 Å². The van der Waals surface area contributed by atoms with Crippen molar-refractivity contribution < 1.29 is 9.90 Å². The van der Waals surface area contributed by atoms with E-state index in [-0.39, 0.29) is 12.0 Å². The normalized spacial score (nSPS) is 30.8. The third-order valence-corrected chi connectivity index (χ3v) is 4.03. The Morgan fingerprint density at radius 3 is 2.76 bits per heavy atom. The maximum atomic E-state index is 12.2. The Morgan fingerprint density at radius 1 is 1.29 bits per heavy atom. The smallest absolute Gasteiger partial charge is 0.236 e. The molecule has 2 heterocycles. The number of rotatable bonds is 3. The first-order chi connectivity index (χ1) is 8.20. The summed E-state index contributed by atoms with van der Waals surface area (Å²) in [5.74, 6) is 0.255.